The van der Waals surface area contributed by atoms with Gasteiger partial charge in [0.25, 0.3) is 0 Å². The van der Waals surface area contributed by atoms with Crippen molar-refractivity contribution in [1.82, 2.24) is 10.1 Å². The summed E-state index contributed by atoms with van der Waals surface area (Å²) in [6.07, 6.45) is 0. The molecule has 0 spiro atoms. The molecule has 5 heteroatoms. The number of rotatable bonds is 4. The molecular weight excluding hydrogens is 254 g/mol. The van der Waals surface area contributed by atoms with Crippen LogP contribution in [-0.4, -0.2) is 43.3 Å². The zero-order valence-electron chi connectivity index (χ0n) is 11.7. The normalized spacial score (nSPS) is 16.4. The summed E-state index contributed by atoms with van der Waals surface area (Å²) < 4.78 is 11.0. The van der Waals surface area contributed by atoms with Crippen LogP contribution in [0.4, 0.5) is 5.82 Å². The van der Waals surface area contributed by atoms with E-state index in [4.69, 9.17) is 9.26 Å². The molecule has 1 aliphatic rings. The van der Waals surface area contributed by atoms with E-state index in [0.29, 0.717) is 6.61 Å². The molecule has 0 saturated carbocycles. The lowest BCUT2D eigenvalue weighted by Crippen LogP contribution is -2.44. The Morgan fingerprint density at radius 2 is 1.90 bits per heavy atom. The second kappa shape index (κ2) is 5.96. The molecule has 1 aliphatic heterocycles. The standard InChI is InChI=1S/C15H19N3O2/c1-17-7-9-18(10-8-17)15-11-14(20-16-15)12-19-13-5-3-2-4-6-13/h2-6,11H,7-10,12H2,1H3. The van der Waals surface area contributed by atoms with Crippen molar-refractivity contribution < 1.29 is 9.26 Å². The lowest BCUT2D eigenvalue weighted by Gasteiger charge is -2.31. The summed E-state index contributed by atoms with van der Waals surface area (Å²) in [5.41, 5.74) is 0. The lowest BCUT2D eigenvalue weighted by atomic mass is 10.3. The minimum absolute atomic E-state index is 0.407. The van der Waals surface area contributed by atoms with Crippen LogP contribution in [0.3, 0.4) is 0 Å². The van der Waals surface area contributed by atoms with E-state index < -0.39 is 0 Å². The maximum atomic E-state index is 5.65. The van der Waals surface area contributed by atoms with Crippen molar-refractivity contribution in [2.75, 3.05) is 38.1 Å². The summed E-state index contributed by atoms with van der Waals surface area (Å²) >= 11 is 0. The first-order valence-corrected chi connectivity index (χ1v) is 6.88. The van der Waals surface area contributed by atoms with Crippen LogP contribution in [0.2, 0.25) is 0 Å². The van der Waals surface area contributed by atoms with Gasteiger partial charge in [-0.25, -0.2) is 0 Å². The Morgan fingerprint density at radius 1 is 1.15 bits per heavy atom. The summed E-state index contributed by atoms with van der Waals surface area (Å²) in [6.45, 7) is 4.50. The zero-order valence-corrected chi connectivity index (χ0v) is 11.7. The van der Waals surface area contributed by atoms with Gasteiger partial charge < -0.3 is 19.1 Å². The number of piperazine rings is 1. The first kappa shape index (κ1) is 13.0. The average Bonchev–Trinajstić information content (AvgIpc) is 2.96. The number of aromatic nitrogens is 1. The molecule has 0 atom stereocenters. The van der Waals surface area contributed by atoms with Crippen LogP contribution >= 0.6 is 0 Å². The highest BCUT2D eigenvalue weighted by Gasteiger charge is 2.17. The molecule has 0 radical (unpaired) electrons. The minimum atomic E-state index is 0.407. The number of benzene rings is 1. The third-order valence-electron chi connectivity index (χ3n) is 3.50. The molecule has 2 heterocycles. The molecule has 1 saturated heterocycles. The van der Waals surface area contributed by atoms with Crippen LogP contribution in [0.25, 0.3) is 0 Å². The van der Waals surface area contributed by atoms with Crippen LogP contribution in [0.1, 0.15) is 5.76 Å². The predicted molar refractivity (Wildman–Crippen MR) is 77.0 cm³/mol. The minimum Gasteiger partial charge on any atom is -0.486 e. The van der Waals surface area contributed by atoms with Gasteiger partial charge in [0.15, 0.2) is 11.6 Å². The number of para-hydroxylation sites is 1. The SMILES string of the molecule is CN1CCN(c2cc(COc3ccccc3)on2)CC1. The van der Waals surface area contributed by atoms with Crippen LogP contribution in [0, 0.1) is 0 Å². The number of hydrogen-bond donors (Lipinski definition) is 0. The molecule has 3 rings (SSSR count). The molecule has 5 nitrogen and oxygen atoms in total. The van der Waals surface area contributed by atoms with E-state index in [1.165, 1.54) is 0 Å². The smallest absolute Gasteiger partial charge is 0.176 e. The third kappa shape index (κ3) is 3.11. The average molecular weight is 273 g/mol. The van der Waals surface area contributed by atoms with Crippen molar-refractivity contribution in [3.05, 3.63) is 42.2 Å². The van der Waals surface area contributed by atoms with Gasteiger partial charge >= 0.3 is 0 Å². The molecule has 0 bridgehead atoms. The fraction of sp³-hybridized carbons (Fsp3) is 0.400. The summed E-state index contributed by atoms with van der Waals surface area (Å²) in [4.78, 5) is 4.56. The van der Waals surface area contributed by atoms with E-state index in [1.807, 2.05) is 36.4 Å². The second-order valence-corrected chi connectivity index (χ2v) is 5.04. The summed E-state index contributed by atoms with van der Waals surface area (Å²) in [5.74, 6) is 2.50. The summed E-state index contributed by atoms with van der Waals surface area (Å²) in [6, 6.07) is 11.7. The Morgan fingerprint density at radius 3 is 2.65 bits per heavy atom. The molecule has 0 unspecified atom stereocenters. The molecule has 0 amide bonds. The largest absolute Gasteiger partial charge is 0.486 e. The third-order valence-corrected chi connectivity index (χ3v) is 3.50. The van der Waals surface area contributed by atoms with Gasteiger partial charge in [0.05, 0.1) is 0 Å². The maximum absolute atomic E-state index is 5.65. The highest BCUT2D eigenvalue weighted by atomic mass is 16.5. The second-order valence-electron chi connectivity index (χ2n) is 5.04. The van der Waals surface area contributed by atoms with E-state index in [1.54, 1.807) is 0 Å². The first-order chi connectivity index (χ1) is 9.81. The Hall–Kier alpha value is -2.01. The van der Waals surface area contributed by atoms with E-state index in [-0.39, 0.29) is 0 Å². The van der Waals surface area contributed by atoms with Crippen molar-refractivity contribution >= 4 is 5.82 Å². The molecule has 1 fully saturated rings. The number of likely N-dealkylation sites (N-methyl/N-ethyl adjacent to an activating group) is 1. The van der Waals surface area contributed by atoms with Crippen molar-refractivity contribution in [2.45, 2.75) is 6.61 Å². The van der Waals surface area contributed by atoms with Gasteiger partial charge in [0, 0.05) is 32.2 Å². The van der Waals surface area contributed by atoms with Gasteiger partial charge in [-0.05, 0) is 19.2 Å². The Labute approximate surface area is 118 Å². The number of anilines is 1. The number of hydrogen-bond acceptors (Lipinski definition) is 5. The van der Waals surface area contributed by atoms with E-state index in [0.717, 1.165) is 43.5 Å². The monoisotopic (exact) mass is 273 g/mol. The van der Waals surface area contributed by atoms with Crippen molar-refractivity contribution in [3.63, 3.8) is 0 Å². The van der Waals surface area contributed by atoms with Crippen LogP contribution < -0.4 is 9.64 Å². The van der Waals surface area contributed by atoms with E-state index in [2.05, 4.69) is 22.0 Å². The molecule has 1 aromatic carbocycles. The van der Waals surface area contributed by atoms with Gasteiger partial charge in [-0.3, -0.25) is 0 Å². The van der Waals surface area contributed by atoms with E-state index in [9.17, 15) is 0 Å². The molecule has 20 heavy (non-hydrogen) atoms. The molecule has 1 aromatic heterocycles. The molecule has 0 N–H and O–H groups in total. The van der Waals surface area contributed by atoms with Crippen molar-refractivity contribution in [1.29, 1.82) is 0 Å². The summed E-state index contributed by atoms with van der Waals surface area (Å²) in [5, 5.41) is 4.13. The molecule has 2 aromatic rings. The van der Waals surface area contributed by atoms with Gasteiger partial charge in [-0.1, -0.05) is 23.4 Å². The first-order valence-electron chi connectivity index (χ1n) is 6.88. The fourth-order valence-electron chi connectivity index (χ4n) is 2.23. The fourth-order valence-corrected chi connectivity index (χ4v) is 2.23. The van der Waals surface area contributed by atoms with Crippen molar-refractivity contribution in [3.8, 4) is 5.75 Å². The zero-order chi connectivity index (χ0) is 13.8. The topological polar surface area (TPSA) is 41.7 Å². The quantitative estimate of drug-likeness (QED) is 0.852. The highest BCUT2D eigenvalue weighted by molar-refractivity contribution is 5.38. The predicted octanol–water partition coefficient (Wildman–Crippen LogP) is 2.01. The Kier molecular flexibility index (Phi) is 3.87. The van der Waals surface area contributed by atoms with Crippen LogP contribution in [0.5, 0.6) is 5.75 Å². The lowest BCUT2D eigenvalue weighted by molar-refractivity contribution is 0.249. The van der Waals surface area contributed by atoms with Crippen molar-refractivity contribution in [2.24, 2.45) is 0 Å². The Balaban J connectivity index is 1.57. The molecule has 0 aliphatic carbocycles. The van der Waals surface area contributed by atoms with Gasteiger partial charge in [0.2, 0.25) is 0 Å². The number of nitrogens with zero attached hydrogens (tertiary/aromatic N) is 3. The highest BCUT2D eigenvalue weighted by Crippen LogP contribution is 2.18. The van der Waals surface area contributed by atoms with Gasteiger partial charge in [0.1, 0.15) is 12.4 Å². The van der Waals surface area contributed by atoms with Gasteiger partial charge in [-0.15, -0.1) is 0 Å². The van der Waals surface area contributed by atoms with Crippen LogP contribution in [0.15, 0.2) is 40.9 Å². The maximum Gasteiger partial charge on any atom is 0.176 e. The molecular formula is C15H19N3O2. The van der Waals surface area contributed by atoms with Gasteiger partial charge in [-0.2, -0.15) is 0 Å². The number of ether oxygens (including phenoxy) is 1. The van der Waals surface area contributed by atoms with Crippen LogP contribution in [-0.2, 0) is 6.61 Å². The summed E-state index contributed by atoms with van der Waals surface area (Å²) in [7, 11) is 2.14. The molecule has 106 valence electrons. The van der Waals surface area contributed by atoms with E-state index >= 15 is 0 Å². The Bertz CT molecular complexity index is 533.